The van der Waals surface area contributed by atoms with E-state index in [1.54, 1.807) is 0 Å². The molecular weight excluding hydrogens is 368 g/mol. The van der Waals surface area contributed by atoms with Gasteiger partial charge < -0.3 is 14.6 Å². The molecule has 29 heavy (non-hydrogen) atoms. The number of hydrogen-bond donors (Lipinski definition) is 1. The van der Waals surface area contributed by atoms with Gasteiger partial charge in [-0.1, -0.05) is 45.8 Å². The topological polar surface area (TPSA) is 72.8 Å². The molecule has 2 aliphatic rings. The average molecular weight is 409 g/mol. The van der Waals surface area contributed by atoms with E-state index in [-0.39, 0.29) is 30.0 Å². The molecule has 1 N–H and O–H groups in total. The van der Waals surface area contributed by atoms with Crippen molar-refractivity contribution >= 4 is 11.9 Å². The summed E-state index contributed by atoms with van der Waals surface area (Å²) in [6.07, 6.45) is 7.66. The molecule has 1 saturated carbocycles. The maximum atomic E-state index is 12.2. The first-order chi connectivity index (χ1) is 13.5. The Bertz CT molecular complexity index is 623. The van der Waals surface area contributed by atoms with E-state index in [1.807, 2.05) is 0 Å². The fourth-order valence-corrected chi connectivity index (χ4v) is 6.14. The molecule has 5 unspecified atom stereocenters. The molecule has 2 aliphatic carbocycles. The van der Waals surface area contributed by atoms with E-state index < -0.39 is 11.9 Å². The van der Waals surface area contributed by atoms with Crippen molar-refractivity contribution in [3.63, 3.8) is 0 Å². The zero-order chi connectivity index (χ0) is 21.8. The molecule has 0 amide bonds. The second-order valence-corrected chi connectivity index (χ2v) is 10.3. The molecule has 1 fully saturated rings. The highest BCUT2D eigenvalue weighted by Crippen LogP contribution is 2.61. The molecule has 2 rings (SSSR count). The van der Waals surface area contributed by atoms with Gasteiger partial charge >= 0.3 is 11.9 Å². The summed E-state index contributed by atoms with van der Waals surface area (Å²) in [6, 6.07) is 0. The Hall–Kier alpha value is -1.36. The highest BCUT2D eigenvalue weighted by atomic mass is 16.6. The van der Waals surface area contributed by atoms with Crippen molar-refractivity contribution in [3.05, 3.63) is 11.6 Å². The predicted octanol–water partition coefficient (Wildman–Crippen LogP) is 4.67. The van der Waals surface area contributed by atoms with E-state index >= 15 is 0 Å². The van der Waals surface area contributed by atoms with Crippen LogP contribution in [0.3, 0.4) is 0 Å². The molecule has 0 aromatic carbocycles. The SMILES string of the molecule is COC(=O)CC(=O)OC1CC(C)(C)C2CC=C(C)C(CCC(C)CCO)C2(C)C1. The van der Waals surface area contributed by atoms with E-state index in [9.17, 15) is 14.7 Å². The maximum Gasteiger partial charge on any atom is 0.317 e. The van der Waals surface area contributed by atoms with Gasteiger partial charge in [0.25, 0.3) is 0 Å². The summed E-state index contributed by atoms with van der Waals surface area (Å²) >= 11 is 0. The lowest BCUT2D eigenvalue weighted by Crippen LogP contribution is -2.53. The number of methoxy groups -OCH3 is 1. The number of carbonyl (C=O) groups excluding carboxylic acids is 2. The summed E-state index contributed by atoms with van der Waals surface area (Å²) in [5.41, 5.74) is 1.54. The number of fused-ring (bicyclic) bond motifs is 1. The van der Waals surface area contributed by atoms with Gasteiger partial charge in [0.15, 0.2) is 0 Å². The Balaban J connectivity index is 2.19. The molecule has 5 atom stereocenters. The van der Waals surface area contributed by atoms with Crippen molar-refractivity contribution in [1.82, 2.24) is 0 Å². The summed E-state index contributed by atoms with van der Waals surface area (Å²) in [5, 5.41) is 9.24. The van der Waals surface area contributed by atoms with Crippen LogP contribution in [0, 0.1) is 28.6 Å². The van der Waals surface area contributed by atoms with E-state index in [4.69, 9.17) is 4.74 Å². The molecule has 0 bridgehead atoms. The first-order valence-corrected chi connectivity index (χ1v) is 11.1. The molecule has 0 radical (unpaired) electrons. The maximum absolute atomic E-state index is 12.2. The normalized spacial score (nSPS) is 32.0. The number of ether oxygens (including phenoxy) is 2. The number of carbonyl (C=O) groups is 2. The van der Waals surface area contributed by atoms with Gasteiger partial charge in [0.1, 0.15) is 12.5 Å². The molecule has 0 spiro atoms. The van der Waals surface area contributed by atoms with Crippen molar-refractivity contribution in [3.8, 4) is 0 Å². The van der Waals surface area contributed by atoms with Gasteiger partial charge in [-0.05, 0) is 67.6 Å². The molecule has 0 heterocycles. The van der Waals surface area contributed by atoms with E-state index in [0.717, 1.165) is 38.5 Å². The van der Waals surface area contributed by atoms with Crippen LogP contribution in [0.25, 0.3) is 0 Å². The zero-order valence-corrected chi connectivity index (χ0v) is 19.1. The van der Waals surface area contributed by atoms with E-state index in [0.29, 0.717) is 17.8 Å². The van der Waals surface area contributed by atoms with Gasteiger partial charge in [0.2, 0.25) is 0 Å². The summed E-state index contributed by atoms with van der Waals surface area (Å²) in [7, 11) is 1.28. The van der Waals surface area contributed by atoms with Crippen molar-refractivity contribution in [2.24, 2.45) is 28.6 Å². The minimum Gasteiger partial charge on any atom is -0.469 e. The molecule has 0 aromatic rings. The van der Waals surface area contributed by atoms with Gasteiger partial charge in [-0.25, -0.2) is 0 Å². The second kappa shape index (κ2) is 9.63. The van der Waals surface area contributed by atoms with Gasteiger partial charge in [-0.2, -0.15) is 0 Å². The third-order valence-corrected chi connectivity index (χ3v) is 7.57. The summed E-state index contributed by atoms with van der Waals surface area (Å²) < 4.78 is 10.4. The largest absolute Gasteiger partial charge is 0.469 e. The lowest BCUT2D eigenvalue weighted by atomic mass is 9.47. The fourth-order valence-electron chi connectivity index (χ4n) is 6.14. The van der Waals surface area contributed by atoms with Crippen molar-refractivity contribution in [2.45, 2.75) is 85.7 Å². The van der Waals surface area contributed by atoms with E-state index in [2.05, 4.69) is 45.4 Å². The third kappa shape index (κ3) is 5.62. The Labute approximate surface area is 176 Å². The molecule has 5 heteroatoms. The Kier molecular flexibility index (Phi) is 7.94. The third-order valence-electron chi connectivity index (χ3n) is 7.57. The Morgan fingerprint density at radius 1 is 1.21 bits per heavy atom. The fraction of sp³-hybridized carbons (Fsp3) is 0.833. The van der Waals surface area contributed by atoms with Crippen molar-refractivity contribution in [2.75, 3.05) is 13.7 Å². The van der Waals surface area contributed by atoms with Gasteiger partial charge in [0.05, 0.1) is 7.11 Å². The van der Waals surface area contributed by atoms with Gasteiger partial charge in [0, 0.05) is 6.61 Å². The number of allylic oxidation sites excluding steroid dienone is 2. The van der Waals surface area contributed by atoms with Gasteiger partial charge in [-0.15, -0.1) is 0 Å². The predicted molar refractivity (Wildman–Crippen MR) is 113 cm³/mol. The standard InChI is InChI=1S/C24H40O5/c1-16(11-12-25)7-9-19-17(2)8-10-20-23(3,4)14-18(15-24(19,20)5)29-22(27)13-21(26)28-6/h8,16,18-20,25H,7,9-15H2,1-6H3. The van der Waals surface area contributed by atoms with Crippen LogP contribution in [0.1, 0.15) is 79.6 Å². The number of rotatable bonds is 8. The second-order valence-electron chi connectivity index (χ2n) is 10.3. The highest BCUT2D eigenvalue weighted by molar-refractivity contribution is 5.91. The summed E-state index contributed by atoms with van der Waals surface area (Å²) in [5.74, 6) is 0.440. The summed E-state index contributed by atoms with van der Waals surface area (Å²) in [6.45, 7) is 11.6. The number of aliphatic hydroxyl groups is 1. The number of aliphatic hydroxyl groups excluding tert-OH is 1. The van der Waals surface area contributed by atoms with E-state index in [1.165, 1.54) is 12.7 Å². The lowest BCUT2D eigenvalue weighted by molar-refractivity contribution is -0.167. The van der Waals surface area contributed by atoms with Gasteiger partial charge in [-0.3, -0.25) is 9.59 Å². The lowest BCUT2D eigenvalue weighted by Gasteiger charge is -2.58. The molecule has 0 aromatic heterocycles. The molecule has 166 valence electrons. The van der Waals surface area contributed by atoms with Crippen LogP contribution in [0.2, 0.25) is 0 Å². The first kappa shape index (κ1) is 23.9. The number of hydrogen-bond acceptors (Lipinski definition) is 5. The van der Waals surface area contributed by atoms with Crippen LogP contribution >= 0.6 is 0 Å². The van der Waals surface area contributed by atoms with Crippen LogP contribution in [0.4, 0.5) is 0 Å². The molecule has 0 saturated heterocycles. The highest BCUT2D eigenvalue weighted by Gasteiger charge is 2.55. The van der Waals surface area contributed by atoms with Crippen LogP contribution in [0.15, 0.2) is 11.6 Å². The van der Waals surface area contributed by atoms with Crippen LogP contribution < -0.4 is 0 Å². The van der Waals surface area contributed by atoms with Crippen molar-refractivity contribution in [1.29, 1.82) is 0 Å². The Morgan fingerprint density at radius 2 is 1.90 bits per heavy atom. The van der Waals surface area contributed by atoms with Crippen molar-refractivity contribution < 1.29 is 24.2 Å². The quantitative estimate of drug-likeness (QED) is 0.359. The average Bonchev–Trinajstić information content (AvgIpc) is 2.59. The zero-order valence-electron chi connectivity index (χ0n) is 19.1. The monoisotopic (exact) mass is 408 g/mol. The molecule has 5 nitrogen and oxygen atoms in total. The molecule has 0 aliphatic heterocycles. The number of esters is 2. The minimum absolute atomic E-state index is 0.0510. The van der Waals surface area contributed by atoms with Crippen LogP contribution in [-0.2, 0) is 19.1 Å². The molecular formula is C24H40O5. The van der Waals surface area contributed by atoms with Crippen LogP contribution in [-0.4, -0.2) is 36.9 Å². The van der Waals surface area contributed by atoms with Crippen LogP contribution in [0.5, 0.6) is 0 Å². The smallest absolute Gasteiger partial charge is 0.317 e. The summed E-state index contributed by atoms with van der Waals surface area (Å²) in [4.78, 5) is 23.7. The Morgan fingerprint density at radius 3 is 2.52 bits per heavy atom. The first-order valence-electron chi connectivity index (χ1n) is 11.1. The minimum atomic E-state index is -0.554.